The van der Waals surface area contributed by atoms with Gasteiger partial charge in [0.2, 0.25) is 0 Å². The van der Waals surface area contributed by atoms with Crippen LogP contribution in [-0.4, -0.2) is 49.3 Å². The molecule has 0 aromatic rings. The van der Waals surface area contributed by atoms with Gasteiger partial charge >= 0.3 is 0 Å². The maximum Gasteiger partial charge on any atom is 0.0593 e. The van der Waals surface area contributed by atoms with Crippen molar-refractivity contribution >= 4 is 0 Å². The van der Waals surface area contributed by atoms with Crippen LogP contribution in [0.2, 0.25) is 0 Å². The van der Waals surface area contributed by atoms with Crippen LogP contribution in [0.25, 0.3) is 0 Å². The molecule has 3 nitrogen and oxygen atoms in total. The van der Waals surface area contributed by atoms with Gasteiger partial charge in [-0.1, -0.05) is 13.8 Å². The second kappa shape index (κ2) is 5.89. The first-order valence-corrected chi connectivity index (χ1v) is 7.58. The number of nitrogens with one attached hydrogen (secondary N) is 1. The molecule has 1 saturated carbocycles. The van der Waals surface area contributed by atoms with Crippen molar-refractivity contribution in [3.8, 4) is 0 Å². The molecule has 1 heterocycles. The van der Waals surface area contributed by atoms with Crippen LogP contribution in [0.4, 0.5) is 0 Å². The highest BCUT2D eigenvalue weighted by Gasteiger charge is 2.47. The Morgan fingerprint density at radius 2 is 2.11 bits per heavy atom. The SMILES string of the molecule is CC(C)COCCN1CC(C)NCC1(C)C1CC1. The molecule has 18 heavy (non-hydrogen) atoms. The van der Waals surface area contributed by atoms with Gasteiger partial charge in [-0.05, 0) is 38.5 Å². The molecule has 0 bridgehead atoms. The standard InChI is InChI=1S/C15H30N2O/c1-12(2)10-18-8-7-17-9-13(3)16-11-15(17,4)14-5-6-14/h12-14,16H,5-11H2,1-4H3. The largest absolute Gasteiger partial charge is 0.380 e. The van der Waals surface area contributed by atoms with Crippen LogP contribution in [0.15, 0.2) is 0 Å². The van der Waals surface area contributed by atoms with E-state index in [4.69, 9.17) is 4.74 Å². The number of rotatable bonds is 6. The summed E-state index contributed by atoms with van der Waals surface area (Å²) < 4.78 is 5.76. The molecular formula is C15H30N2O. The number of nitrogens with zero attached hydrogens (tertiary/aromatic N) is 1. The number of ether oxygens (including phenoxy) is 1. The Balaban J connectivity index is 1.82. The third-order valence-electron chi connectivity index (χ3n) is 4.44. The second-order valence-electron chi connectivity index (χ2n) is 6.83. The summed E-state index contributed by atoms with van der Waals surface area (Å²) in [5.74, 6) is 1.55. The fourth-order valence-corrected chi connectivity index (χ4v) is 3.04. The molecule has 2 unspecified atom stereocenters. The molecule has 3 heteroatoms. The van der Waals surface area contributed by atoms with Crippen molar-refractivity contribution in [1.82, 2.24) is 10.2 Å². The van der Waals surface area contributed by atoms with E-state index in [1.54, 1.807) is 0 Å². The Morgan fingerprint density at radius 3 is 2.72 bits per heavy atom. The summed E-state index contributed by atoms with van der Waals surface area (Å²) in [5, 5.41) is 3.65. The smallest absolute Gasteiger partial charge is 0.0593 e. The van der Waals surface area contributed by atoms with E-state index in [2.05, 4.69) is 37.9 Å². The van der Waals surface area contributed by atoms with Crippen molar-refractivity contribution in [3.63, 3.8) is 0 Å². The molecule has 2 atom stereocenters. The molecule has 1 aliphatic heterocycles. The first kappa shape index (κ1) is 14.3. The van der Waals surface area contributed by atoms with Gasteiger partial charge < -0.3 is 10.1 Å². The van der Waals surface area contributed by atoms with Crippen LogP contribution in [0, 0.1) is 11.8 Å². The van der Waals surface area contributed by atoms with E-state index in [9.17, 15) is 0 Å². The molecule has 0 spiro atoms. The Hall–Kier alpha value is -0.120. The molecule has 1 aliphatic carbocycles. The van der Waals surface area contributed by atoms with E-state index in [-0.39, 0.29) is 0 Å². The first-order chi connectivity index (χ1) is 8.52. The maximum absolute atomic E-state index is 5.76. The third-order valence-corrected chi connectivity index (χ3v) is 4.44. The lowest BCUT2D eigenvalue weighted by molar-refractivity contribution is 0.00545. The summed E-state index contributed by atoms with van der Waals surface area (Å²) in [6.07, 6.45) is 2.83. The topological polar surface area (TPSA) is 24.5 Å². The summed E-state index contributed by atoms with van der Waals surface area (Å²) in [5.41, 5.74) is 0.369. The van der Waals surface area contributed by atoms with Gasteiger partial charge in [-0.25, -0.2) is 0 Å². The summed E-state index contributed by atoms with van der Waals surface area (Å²) in [6.45, 7) is 14.3. The average Bonchev–Trinajstić information content (AvgIpc) is 3.13. The molecule has 0 amide bonds. The molecule has 2 rings (SSSR count). The van der Waals surface area contributed by atoms with Crippen LogP contribution in [-0.2, 0) is 4.74 Å². The predicted molar refractivity (Wildman–Crippen MR) is 75.8 cm³/mol. The van der Waals surface area contributed by atoms with Crippen molar-refractivity contribution in [3.05, 3.63) is 0 Å². The zero-order valence-electron chi connectivity index (χ0n) is 12.5. The first-order valence-electron chi connectivity index (χ1n) is 7.58. The lowest BCUT2D eigenvalue weighted by atomic mass is 9.90. The van der Waals surface area contributed by atoms with Crippen LogP contribution >= 0.6 is 0 Å². The summed E-state index contributed by atoms with van der Waals surface area (Å²) in [6, 6.07) is 0.613. The maximum atomic E-state index is 5.76. The van der Waals surface area contributed by atoms with Crippen LogP contribution < -0.4 is 5.32 Å². The minimum absolute atomic E-state index is 0.369. The van der Waals surface area contributed by atoms with Gasteiger partial charge in [0.25, 0.3) is 0 Å². The van der Waals surface area contributed by atoms with Crippen LogP contribution in [0.5, 0.6) is 0 Å². The minimum atomic E-state index is 0.369. The zero-order chi connectivity index (χ0) is 13.2. The van der Waals surface area contributed by atoms with Gasteiger partial charge in [-0.15, -0.1) is 0 Å². The molecule has 0 aromatic carbocycles. The van der Waals surface area contributed by atoms with Gasteiger partial charge in [-0.3, -0.25) is 4.90 Å². The fraction of sp³-hybridized carbons (Fsp3) is 1.00. The van der Waals surface area contributed by atoms with Gasteiger partial charge in [0.05, 0.1) is 6.61 Å². The molecule has 2 fully saturated rings. The van der Waals surface area contributed by atoms with Crippen molar-refractivity contribution in [2.75, 3.05) is 32.8 Å². The minimum Gasteiger partial charge on any atom is -0.380 e. The molecule has 1 N–H and O–H groups in total. The number of hydrogen-bond donors (Lipinski definition) is 1. The number of piperazine rings is 1. The van der Waals surface area contributed by atoms with Crippen LogP contribution in [0.1, 0.15) is 40.5 Å². The molecule has 1 saturated heterocycles. The third kappa shape index (κ3) is 3.46. The monoisotopic (exact) mass is 254 g/mol. The second-order valence-corrected chi connectivity index (χ2v) is 6.83. The summed E-state index contributed by atoms with van der Waals surface area (Å²) >= 11 is 0. The lowest BCUT2D eigenvalue weighted by Crippen LogP contribution is -2.64. The lowest BCUT2D eigenvalue weighted by Gasteiger charge is -2.48. The van der Waals surface area contributed by atoms with E-state index in [0.29, 0.717) is 17.5 Å². The normalized spacial score (nSPS) is 34.2. The van der Waals surface area contributed by atoms with E-state index >= 15 is 0 Å². The van der Waals surface area contributed by atoms with E-state index < -0.39 is 0 Å². The quantitative estimate of drug-likeness (QED) is 0.735. The van der Waals surface area contributed by atoms with Crippen molar-refractivity contribution in [1.29, 1.82) is 0 Å². The molecular weight excluding hydrogens is 224 g/mol. The fourth-order valence-electron chi connectivity index (χ4n) is 3.04. The Morgan fingerprint density at radius 1 is 1.39 bits per heavy atom. The summed E-state index contributed by atoms with van der Waals surface area (Å²) in [4.78, 5) is 2.67. The van der Waals surface area contributed by atoms with Gasteiger partial charge in [0.1, 0.15) is 0 Å². The highest BCUT2D eigenvalue weighted by Crippen LogP contribution is 2.43. The van der Waals surface area contributed by atoms with E-state index in [1.165, 1.54) is 12.8 Å². The van der Waals surface area contributed by atoms with Crippen molar-refractivity contribution in [2.45, 2.75) is 52.1 Å². The van der Waals surface area contributed by atoms with Gasteiger partial charge in [-0.2, -0.15) is 0 Å². The Bertz CT molecular complexity index is 265. The molecule has 106 valence electrons. The van der Waals surface area contributed by atoms with Crippen molar-refractivity contribution < 1.29 is 4.74 Å². The average molecular weight is 254 g/mol. The van der Waals surface area contributed by atoms with Gasteiger partial charge in [0, 0.05) is 37.8 Å². The molecule has 0 aromatic heterocycles. The zero-order valence-corrected chi connectivity index (χ0v) is 12.5. The van der Waals surface area contributed by atoms with E-state index in [1.807, 2.05) is 0 Å². The molecule has 0 radical (unpaired) electrons. The van der Waals surface area contributed by atoms with Gasteiger partial charge in [0.15, 0.2) is 0 Å². The van der Waals surface area contributed by atoms with E-state index in [0.717, 1.165) is 38.8 Å². The number of hydrogen-bond acceptors (Lipinski definition) is 3. The highest BCUT2D eigenvalue weighted by molar-refractivity contribution is 5.04. The Labute approximate surface area is 112 Å². The molecule has 2 aliphatic rings. The summed E-state index contributed by atoms with van der Waals surface area (Å²) in [7, 11) is 0. The van der Waals surface area contributed by atoms with Crippen LogP contribution in [0.3, 0.4) is 0 Å². The van der Waals surface area contributed by atoms with Crippen molar-refractivity contribution in [2.24, 2.45) is 11.8 Å². The Kier molecular flexibility index (Phi) is 4.68. The highest BCUT2D eigenvalue weighted by atomic mass is 16.5. The predicted octanol–water partition coefficient (Wildman–Crippen LogP) is 2.12.